The molecule has 29 heavy (non-hydrogen) atoms. The molecule has 0 spiro atoms. The van der Waals surface area contributed by atoms with Crippen LogP contribution in [0.15, 0.2) is 12.1 Å². The summed E-state index contributed by atoms with van der Waals surface area (Å²) in [6, 6.07) is 3.53. The number of aromatic hydroxyl groups is 1. The van der Waals surface area contributed by atoms with Crippen molar-refractivity contribution in [2.75, 3.05) is 26.8 Å². The monoisotopic (exact) mass is 405 g/mol. The third-order valence-electron chi connectivity index (χ3n) is 5.38. The van der Waals surface area contributed by atoms with Gasteiger partial charge in [0.15, 0.2) is 6.61 Å². The number of amides is 1. The molecule has 1 fully saturated rings. The van der Waals surface area contributed by atoms with Crippen LogP contribution in [-0.4, -0.2) is 54.7 Å². The average Bonchev–Trinajstić information content (AvgIpc) is 2.70. The predicted molar refractivity (Wildman–Crippen MR) is 108 cm³/mol. The molecule has 1 N–H and O–H groups in total. The number of ether oxygens (including phenoxy) is 2. The zero-order valence-electron chi connectivity index (χ0n) is 17.9. The molecule has 1 aliphatic rings. The number of hydrogen-bond donors (Lipinski definition) is 1. The van der Waals surface area contributed by atoms with Gasteiger partial charge in [-0.2, -0.15) is 0 Å². The lowest BCUT2D eigenvalue weighted by Crippen LogP contribution is -2.42. The fourth-order valence-corrected chi connectivity index (χ4v) is 3.44. The van der Waals surface area contributed by atoms with Crippen LogP contribution in [0.3, 0.4) is 0 Å². The Kier molecular flexibility index (Phi) is 7.65. The highest BCUT2D eigenvalue weighted by Gasteiger charge is 2.28. The maximum absolute atomic E-state index is 12.6. The van der Waals surface area contributed by atoms with E-state index in [2.05, 4.69) is 0 Å². The van der Waals surface area contributed by atoms with Gasteiger partial charge < -0.3 is 19.5 Å². The molecule has 0 saturated carbocycles. The molecule has 0 atom stereocenters. The number of esters is 2. The number of methoxy groups -OCH3 is 1. The smallest absolute Gasteiger partial charge is 0.342 e. The second kappa shape index (κ2) is 9.76. The molecule has 160 valence electrons. The van der Waals surface area contributed by atoms with E-state index in [-0.39, 0.29) is 40.9 Å². The first-order valence-corrected chi connectivity index (χ1v) is 10.0. The zero-order chi connectivity index (χ0) is 21.7. The fourth-order valence-electron chi connectivity index (χ4n) is 3.44. The Morgan fingerprint density at radius 3 is 2.24 bits per heavy atom. The van der Waals surface area contributed by atoms with Crippen LogP contribution >= 0.6 is 0 Å². The summed E-state index contributed by atoms with van der Waals surface area (Å²) in [7, 11) is 1.35. The summed E-state index contributed by atoms with van der Waals surface area (Å²) in [5.41, 5.74) is 1.69. The first-order valence-electron chi connectivity index (χ1n) is 10.0. The molecule has 2 rings (SSSR count). The van der Waals surface area contributed by atoms with E-state index in [0.717, 1.165) is 5.56 Å². The summed E-state index contributed by atoms with van der Waals surface area (Å²) < 4.78 is 9.95. The van der Waals surface area contributed by atoms with Crippen LogP contribution in [0.1, 0.15) is 73.9 Å². The molecule has 1 saturated heterocycles. The molecule has 0 bridgehead atoms. The molecular weight excluding hydrogens is 374 g/mol. The lowest BCUT2D eigenvalue weighted by Gasteiger charge is -2.30. The third kappa shape index (κ3) is 5.49. The average molecular weight is 405 g/mol. The lowest BCUT2D eigenvalue weighted by molar-refractivity contribution is -0.149. The van der Waals surface area contributed by atoms with Crippen molar-refractivity contribution in [1.82, 2.24) is 4.90 Å². The second-order valence-electron chi connectivity index (χ2n) is 8.07. The molecule has 1 heterocycles. The number of hydrogen-bond acceptors (Lipinski definition) is 6. The SMILES string of the molecule is COC(=O)C1CCN(C(=O)COC(=O)c2cc(C(C)C)cc(C(C)C)c2O)CC1. The van der Waals surface area contributed by atoms with Crippen LogP contribution in [0.2, 0.25) is 0 Å². The quantitative estimate of drug-likeness (QED) is 0.731. The molecule has 0 aliphatic carbocycles. The topological polar surface area (TPSA) is 93.1 Å². The number of benzene rings is 1. The van der Waals surface area contributed by atoms with E-state index in [1.807, 2.05) is 33.8 Å². The van der Waals surface area contributed by atoms with Gasteiger partial charge in [0.05, 0.1) is 13.0 Å². The molecule has 1 aromatic rings. The minimum absolute atomic E-state index is 0.0398. The summed E-state index contributed by atoms with van der Waals surface area (Å²) in [6.45, 7) is 8.33. The van der Waals surface area contributed by atoms with Crippen LogP contribution < -0.4 is 0 Å². The molecule has 0 unspecified atom stereocenters. The van der Waals surface area contributed by atoms with Crippen molar-refractivity contribution >= 4 is 17.8 Å². The van der Waals surface area contributed by atoms with Gasteiger partial charge in [-0.1, -0.05) is 33.8 Å². The lowest BCUT2D eigenvalue weighted by atomic mass is 9.92. The number of piperidine rings is 1. The van der Waals surface area contributed by atoms with E-state index in [9.17, 15) is 19.5 Å². The van der Waals surface area contributed by atoms with Gasteiger partial charge in [-0.25, -0.2) is 4.79 Å². The molecule has 1 aliphatic heterocycles. The summed E-state index contributed by atoms with van der Waals surface area (Å²) in [4.78, 5) is 38.1. The van der Waals surface area contributed by atoms with Crippen LogP contribution in [0.5, 0.6) is 5.75 Å². The van der Waals surface area contributed by atoms with Crippen molar-refractivity contribution in [3.8, 4) is 5.75 Å². The van der Waals surface area contributed by atoms with E-state index in [1.165, 1.54) is 7.11 Å². The van der Waals surface area contributed by atoms with Gasteiger partial charge in [0.1, 0.15) is 11.3 Å². The largest absolute Gasteiger partial charge is 0.507 e. The van der Waals surface area contributed by atoms with E-state index >= 15 is 0 Å². The van der Waals surface area contributed by atoms with Crippen LogP contribution in [0, 0.1) is 5.92 Å². The molecule has 0 aromatic heterocycles. The Hall–Kier alpha value is -2.57. The minimum Gasteiger partial charge on any atom is -0.507 e. The van der Waals surface area contributed by atoms with Crippen LogP contribution in [0.4, 0.5) is 0 Å². The Morgan fingerprint density at radius 2 is 1.72 bits per heavy atom. The van der Waals surface area contributed by atoms with Gasteiger partial charge in [0, 0.05) is 13.1 Å². The standard InChI is InChI=1S/C22H31NO6/c1-13(2)16-10-17(14(3)4)20(25)18(11-16)22(27)29-12-19(24)23-8-6-15(7-9-23)21(26)28-5/h10-11,13-15,25H,6-9,12H2,1-5H3. The van der Waals surface area contributed by atoms with Gasteiger partial charge in [-0.3, -0.25) is 9.59 Å². The van der Waals surface area contributed by atoms with E-state index in [1.54, 1.807) is 11.0 Å². The van der Waals surface area contributed by atoms with Crippen molar-refractivity contribution in [2.45, 2.75) is 52.4 Å². The number of phenolic OH excluding ortho intramolecular Hbond substituents is 1. The Bertz CT molecular complexity index is 763. The highest BCUT2D eigenvalue weighted by Crippen LogP contribution is 2.33. The highest BCUT2D eigenvalue weighted by molar-refractivity contribution is 5.94. The summed E-state index contributed by atoms with van der Waals surface area (Å²) in [5.74, 6) is -1.37. The van der Waals surface area contributed by atoms with Crippen molar-refractivity contribution in [3.63, 3.8) is 0 Å². The second-order valence-corrected chi connectivity index (χ2v) is 8.07. The maximum Gasteiger partial charge on any atom is 0.342 e. The molecule has 7 nitrogen and oxygen atoms in total. The van der Waals surface area contributed by atoms with Crippen LogP contribution in [-0.2, 0) is 19.1 Å². The van der Waals surface area contributed by atoms with Crippen molar-refractivity contribution in [3.05, 3.63) is 28.8 Å². The number of carbonyl (C=O) groups excluding carboxylic acids is 3. The molecule has 7 heteroatoms. The van der Waals surface area contributed by atoms with Crippen molar-refractivity contribution in [2.24, 2.45) is 5.92 Å². The fraction of sp³-hybridized carbons (Fsp3) is 0.591. The maximum atomic E-state index is 12.6. The number of nitrogens with zero attached hydrogens (tertiary/aromatic N) is 1. The number of rotatable bonds is 6. The number of phenols is 1. The first kappa shape index (κ1) is 22.7. The van der Waals surface area contributed by atoms with E-state index in [0.29, 0.717) is 31.5 Å². The van der Waals surface area contributed by atoms with Gasteiger partial charge in [-0.15, -0.1) is 0 Å². The van der Waals surface area contributed by atoms with Gasteiger partial charge in [0.25, 0.3) is 5.91 Å². The third-order valence-corrected chi connectivity index (χ3v) is 5.38. The Balaban J connectivity index is 2.02. The predicted octanol–water partition coefficient (Wildman–Crippen LogP) is 3.21. The van der Waals surface area contributed by atoms with E-state index in [4.69, 9.17) is 9.47 Å². The molecular formula is C22H31NO6. The summed E-state index contributed by atoms with van der Waals surface area (Å²) >= 11 is 0. The van der Waals surface area contributed by atoms with Gasteiger partial charge >= 0.3 is 11.9 Å². The van der Waals surface area contributed by atoms with Crippen LogP contribution in [0.25, 0.3) is 0 Å². The zero-order valence-corrected chi connectivity index (χ0v) is 17.9. The van der Waals surface area contributed by atoms with Gasteiger partial charge in [-0.05, 0) is 41.9 Å². The summed E-state index contributed by atoms with van der Waals surface area (Å²) in [6.07, 6.45) is 1.06. The molecule has 1 amide bonds. The first-order chi connectivity index (χ1) is 13.6. The normalized spacial score (nSPS) is 14.9. The summed E-state index contributed by atoms with van der Waals surface area (Å²) in [5, 5.41) is 10.5. The number of carbonyl (C=O) groups is 3. The number of likely N-dealkylation sites (tertiary alicyclic amines) is 1. The molecule has 1 aromatic carbocycles. The van der Waals surface area contributed by atoms with E-state index < -0.39 is 12.6 Å². The Morgan fingerprint density at radius 1 is 1.10 bits per heavy atom. The minimum atomic E-state index is -0.718. The van der Waals surface area contributed by atoms with Crippen molar-refractivity contribution < 1.29 is 29.0 Å². The Labute approximate surface area is 172 Å². The van der Waals surface area contributed by atoms with Gasteiger partial charge in [0.2, 0.25) is 0 Å². The molecule has 0 radical (unpaired) electrons. The highest BCUT2D eigenvalue weighted by atomic mass is 16.5. The van der Waals surface area contributed by atoms with Crippen molar-refractivity contribution in [1.29, 1.82) is 0 Å².